The lowest BCUT2D eigenvalue weighted by atomic mass is 10.0. The molecule has 0 bridgehead atoms. The molecule has 1 aromatic carbocycles. The summed E-state index contributed by atoms with van der Waals surface area (Å²) in [6.07, 6.45) is 1.15. The average Bonchev–Trinajstić information content (AvgIpc) is 2.99. The number of benzene rings is 1. The number of sulfonamides is 1. The molecule has 5 nitrogen and oxygen atoms in total. The summed E-state index contributed by atoms with van der Waals surface area (Å²) < 4.78 is 62.1. The van der Waals surface area contributed by atoms with Crippen LogP contribution in [0.1, 0.15) is 40.4 Å². The van der Waals surface area contributed by atoms with Crippen molar-refractivity contribution in [3.05, 3.63) is 39.3 Å². The third-order valence-corrected chi connectivity index (χ3v) is 6.56. The van der Waals surface area contributed by atoms with E-state index in [0.29, 0.717) is 13.0 Å². The molecule has 0 atom stereocenters. The van der Waals surface area contributed by atoms with Gasteiger partial charge in [-0.2, -0.15) is 13.2 Å². The van der Waals surface area contributed by atoms with Crippen molar-refractivity contribution in [1.82, 2.24) is 4.98 Å². The van der Waals surface area contributed by atoms with Gasteiger partial charge < -0.3 is 5.32 Å². The van der Waals surface area contributed by atoms with Gasteiger partial charge in [0.1, 0.15) is 0 Å². The number of hydrogen-bond acceptors (Lipinski definition) is 5. The lowest BCUT2D eigenvalue weighted by Gasteiger charge is -2.14. The van der Waals surface area contributed by atoms with Gasteiger partial charge in [-0.25, -0.2) is 18.5 Å². The zero-order chi connectivity index (χ0) is 19.7. The van der Waals surface area contributed by atoms with Crippen molar-refractivity contribution >= 4 is 27.0 Å². The van der Waals surface area contributed by atoms with Gasteiger partial charge in [-0.15, -0.1) is 11.3 Å². The normalized spacial score (nSPS) is 14.8. The molecule has 1 heterocycles. The van der Waals surface area contributed by atoms with Crippen LogP contribution in [0.3, 0.4) is 0 Å². The smallest absolute Gasteiger partial charge is 0.385 e. The van der Waals surface area contributed by atoms with Crippen LogP contribution in [0.4, 0.5) is 18.9 Å². The Balaban J connectivity index is 1.62. The molecular weight excluding hydrogens is 399 g/mol. The number of nitrogens with one attached hydrogen (secondary N) is 1. The number of aryl methyl sites for hydroxylation is 3. The Bertz CT molecular complexity index is 900. The SMILES string of the molecule is NS(=O)(=O)c1ccc(NCCCc2nc3c(s2)CCCC3)cc1C(F)(F)F. The molecule has 0 fully saturated rings. The van der Waals surface area contributed by atoms with E-state index in [9.17, 15) is 21.6 Å². The number of rotatable bonds is 6. The van der Waals surface area contributed by atoms with Gasteiger partial charge in [-0.1, -0.05) is 0 Å². The first-order valence-corrected chi connectivity index (χ1v) is 11.0. The topological polar surface area (TPSA) is 85.1 Å². The van der Waals surface area contributed by atoms with Crippen molar-refractivity contribution in [1.29, 1.82) is 0 Å². The molecule has 27 heavy (non-hydrogen) atoms. The van der Waals surface area contributed by atoms with Gasteiger partial charge in [0.2, 0.25) is 10.0 Å². The van der Waals surface area contributed by atoms with E-state index in [1.54, 1.807) is 11.3 Å². The van der Waals surface area contributed by atoms with E-state index in [2.05, 4.69) is 10.3 Å². The Kier molecular flexibility index (Phi) is 5.78. The van der Waals surface area contributed by atoms with Crippen LogP contribution in [0.15, 0.2) is 23.1 Å². The number of hydrogen-bond donors (Lipinski definition) is 2. The molecule has 10 heteroatoms. The number of nitrogens with two attached hydrogens (primary N) is 1. The summed E-state index contributed by atoms with van der Waals surface area (Å²) in [5.41, 5.74) is 0.137. The van der Waals surface area contributed by atoms with E-state index in [4.69, 9.17) is 5.14 Å². The minimum Gasteiger partial charge on any atom is -0.385 e. The molecule has 148 valence electrons. The third-order valence-electron chi connectivity index (χ3n) is 4.38. The lowest BCUT2D eigenvalue weighted by molar-refractivity contribution is -0.139. The lowest BCUT2D eigenvalue weighted by Crippen LogP contribution is -2.19. The number of anilines is 1. The quantitative estimate of drug-likeness (QED) is 0.699. The summed E-state index contributed by atoms with van der Waals surface area (Å²) in [5.74, 6) is 0. The summed E-state index contributed by atoms with van der Waals surface area (Å²) >= 11 is 1.72. The van der Waals surface area contributed by atoms with E-state index in [-0.39, 0.29) is 5.69 Å². The molecule has 0 saturated carbocycles. The van der Waals surface area contributed by atoms with Crippen molar-refractivity contribution < 1.29 is 21.6 Å². The van der Waals surface area contributed by atoms with E-state index < -0.39 is 26.7 Å². The summed E-state index contributed by atoms with van der Waals surface area (Å²) in [7, 11) is -4.45. The van der Waals surface area contributed by atoms with Gasteiger partial charge in [0.15, 0.2) is 0 Å². The van der Waals surface area contributed by atoms with E-state index in [1.807, 2.05) is 0 Å². The molecule has 0 spiro atoms. The Hall–Kier alpha value is -1.65. The molecule has 0 radical (unpaired) electrons. The Labute approximate surface area is 159 Å². The van der Waals surface area contributed by atoms with Crippen LogP contribution in [-0.2, 0) is 35.5 Å². The van der Waals surface area contributed by atoms with Crippen molar-refractivity contribution in [2.75, 3.05) is 11.9 Å². The molecule has 3 N–H and O–H groups in total. The fraction of sp³-hybridized carbons (Fsp3) is 0.471. The van der Waals surface area contributed by atoms with Crippen molar-refractivity contribution in [3.8, 4) is 0 Å². The highest BCUT2D eigenvalue weighted by atomic mass is 32.2. The molecule has 0 aliphatic heterocycles. The van der Waals surface area contributed by atoms with Crippen LogP contribution >= 0.6 is 11.3 Å². The van der Waals surface area contributed by atoms with Gasteiger partial charge in [0, 0.05) is 23.5 Å². The van der Waals surface area contributed by atoms with Crippen LogP contribution in [0.25, 0.3) is 0 Å². The van der Waals surface area contributed by atoms with Crippen molar-refractivity contribution in [2.45, 2.75) is 49.6 Å². The Morgan fingerprint density at radius 1 is 1.22 bits per heavy atom. The summed E-state index contributed by atoms with van der Waals surface area (Å²) in [6, 6.07) is 2.95. The van der Waals surface area contributed by atoms with Crippen molar-refractivity contribution in [3.63, 3.8) is 0 Å². The summed E-state index contributed by atoms with van der Waals surface area (Å²) in [5, 5.41) is 8.85. The first-order valence-electron chi connectivity index (χ1n) is 8.60. The molecular formula is C17H20F3N3O2S2. The fourth-order valence-corrected chi connectivity index (χ4v) is 5.03. The second-order valence-electron chi connectivity index (χ2n) is 6.47. The number of alkyl halides is 3. The fourth-order valence-electron chi connectivity index (χ4n) is 3.09. The first-order chi connectivity index (χ1) is 12.6. The van der Waals surface area contributed by atoms with E-state index >= 15 is 0 Å². The molecule has 0 unspecified atom stereocenters. The van der Waals surface area contributed by atoms with Gasteiger partial charge in [-0.3, -0.25) is 0 Å². The summed E-state index contributed by atoms with van der Waals surface area (Å²) in [4.78, 5) is 5.08. The van der Waals surface area contributed by atoms with Crippen LogP contribution in [-0.4, -0.2) is 19.9 Å². The maximum Gasteiger partial charge on any atom is 0.417 e. The number of fused-ring (bicyclic) bond motifs is 1. The number of thiazole rings is 1. The van der Waals surface area contributed by atoms with Gasteiger partial charge in [0.25, 0.3) is 0 Å². The molecule has 3 rings (SSSR count). The molecule has 1 aliphatic carbocycles. The monoisotopic (exact) mass is 419 g/mol. The van der Waals surface area contributed by atoms with Crippen LogP contribution in [0, 0.1) is 0 Å². The highest BCUT2D eigenvalue weighted by Crippen LogP contribution is 2.35. The molecule has 0 amide bonds. The van der Waals surface area contributed by atoms with Crippen molar-refractivity contribution in [2.24, 2.45) is 5.14 Å². The maximum atomic E-state index is 13.1. The predicted molar refractivity (Wildman–Crippen MR) is 98.4 cm³/mol. The number of aromatic nitrogens is 1. The average molecular weight is 419 g/mol. The van der Waals surface area contributed by atoms with Crippen LogP contribution in [0.2, 0.25) is 0 Å². The second kappa shape index (κ2) is 7.76. The van der Waals surface area contributed by atoms with E-state index in [0.717, 1.165) is 36.4 Å². The maximum absolute atomic E-state index is 13.1. The number of nitrogens with zero attached hydrogens (tertiary/aromatic N) is 1. The van der Waals surface area contributed by atoms with Crippen LogP contribution in [0.5, 0.6) is 0 Å². The number of halogens is 3. The zero-order valence-corrected chi connectivity index (χ0v) is 16.1. The van der Waals surface area contributed by atoms with E-state index in [1.165, 1.54) is 29.5 Å². The van der Waals surface area contributed by atoms with Gasteiger partial charge in [0.05, 0.1) is 21.2 Å². The first kappa shape index (κ1) is 20.1. The minimum absolute atomic E-state index is 0.202. The predicted octanol–water partition coefficient (Wildman–Crippen LogP) is 3.73. The highest BCUT2D eigenvalue weighted by Gasteiger charge is 2.36. The van der Waals surface area contributed by atoms with Gasteiger partial charge in [-0.05, 0) is 50.3 Å². The molecule has 1 aliphatic rings. The highest BCUT2D eigenvalue weighted by molar-refractivity contribution is 7.89. The van der Waals surface area contributed by atoms with Crippen LogP contribution < -0.4 is 10.5 Å². The second-order valence-corrected chi connectivity index (χ2v) is 9.17. The standard InChI is InChI=1S/C17H20F3N3O2S2/c18-17(19,20)12-10-11(7-8-15(12)27(21,24)25)22-9-3-6-16-23-13-4-1-2-5-14(13)26-16/h7-8,10,22H,1-6,9H2,(H2,21,24,25). The zero-order valence-electron chi connectivity index (χ0n) is 14.5. The molecule has 2 aromatic rings. The molecule has 0 saturated heterocycles. The largest absolute Gasteiger partial charge is 0.417 e. The number of primary sulfonamides is 1. The third kappa shape index (κ3) is 4.99. The Morgan fingerprint density at radius 2 is 1.96 bits per heavy atom. The summed E-state index contributed by atoms with van der Waals surface area (Å²) in [6.45, 7) is 0.455. The Morgan fingerprint density at radius 3 is 2.63 bits per heavy atom. The minimum atomic E-state index is -4.81. The van der Waals surface area contributed by atoms with Gasteiger partial charge >= 0.3 is 6.18 Å². The molecule has 1 aromatic heterocycles.